The zero-order chi connectivity index (χ0) is 10.5. The number of pyridine rings is 1. The van der Waals surface area contributed by atoms with Crippen LogP contribution in [-0.2, 0) is 18.3 Å². The summed E-state index contributed by atoms with van der Waals surface area (Å²) in [6.45, 7) is 0.839. The molecule has 0 aromatic carbocycles. The second-order valence-corrected chi connectivity index (χ2v) is 3.78. The minimum Gasteiger partial charge on any atom is -0.264 e. The van der Waals surface area contributed by atoms with E-state index in [4.69, 9.17) is 0 Å². The molecule has 5 heteroatoms. The standard InChI is InChI=1S/C10H11BrN4/c11-6-10-8-15(14-13-10)5-3-9-2-1-4-12-7-9/h1-2,4,7-8H,3,5-6H2. The summed E-state index contributed by atoms with van der Waals surface area (Å²) in [6.07, 6.45) is 6.54. The van der Waals surface area contributed by atoms with Crippen molar-refractivity contribution in [1.82, 2.24) is 20.0 Å². The largest absolute Gasteiger partial charge is 0.264 e. The van der Waals surface area contributed by atoms with Crippen LogP contribution in [0.1, 0.15) is 11.3 Å². The molecule has 2 heterocycles. The van der Waals surface area contributed by atoms with Gasteiger partial charge in [0.2, 0.25) is 0 Å². The minimum absolute atomic E-state index is 0.750. The molecule has 0 bridgehead atoms. The van der Waals surface area contributed by atoms with E-state index in [1.807, 2.05) is 23.1 Å². The van der Waals surface area contributed by atoms with Gasteiger partial charge in [-0.3, -0.25) is 9.67 Å². The fourth-order valence-electron chi connectivity index (χ4n) is 1.30. The van der Waals surface area contributed by atoms with Crippen LogP contribution in [0.2, 0.25) is 0 Å². The van der Waals surface area contributed by atoms with Crippen LogP contribution in [0.25, 0.3) is 0 Å². The summed E-state index contributed by atoms with van der Waals surface area (Å²) in [5, 5.41) is 8.77. The Kier molecular flexibility index (Phi) is 3.45. The molecule has 0 aliphatic carbocycles. The van der Waals surface area contributed by atoms with E-state index < -0.39 is 0 Å². The highest BCUT2D eigenvalue weighted by Gasteiger charge is 1.99. The van der Waals surface area contributed by atoms with Crippen molar-refractivity contribution in [3.8, 4) is 0 Å². The molecule has 0 atom stereocenters. The summed E-state index contributed by atoms with van der Waals surface area (Å²) >= 11 is 3.34. The van der Waals surface area contributed by atoms with Crippen LogP contribution in [0.3, 0.4) is 0 Å². The smallest absolute Gasteiger partial charge is 0.0932 e. The Hall–Kier alpha value is -1.23. The van der Waals surface area contributed by atoms with Gasteiger partial charge in [0.15, 0.2) is 0 Å². The Morgan fingerprint density at radius 1 is 1.40 bits per heavy atom. The van der Waals surface area contributed by atoms with Gasteiger partial charge in [0.25, 0.3) is 0 Å². The van der Waals surface area contributed by atoms with Gasteiger partial charge in [-0.1, -0.05) is 27.2 Å². The summed E-state index contributed by atoms with van der Waals surface area (Å²) in [5.74, 6) is 0. The van der Waals surface area contributed by atoms with Crippen molar-refractivity contribution >= 4 is 15.9 Å². The van der Waals surface area contributed by atoms with E-state index in [9.17, 15) is 0 Å². The van der Waals surface area contributed by atoms with Gasteiger partial charge >= 0.3 is 0 Å². The lowest BCUT2D eigenvalue weighted by atomic mass is 10.2. The van der Waals surface area contributed by atoms with Crippen LogP contribution in [0.15, 0.2) is 30.7 Å². The number of nitrogens with zero attached hydrogens (tertiary/aromatic N) is 4. The van der Waals surface area contributed by atoms with Gasteiger partial charge in [-0.15, -0.1) is 5.10 Å². The van der Waals surface area contributed by atoms with Crippen molar-refractivity contribution in [1.29, 1.82) is 0 Å². The van der Waals surface area contributed by atoms with Crippen LogP contribution in [0.4, 0.5) is 0 Å². The van der Waals surface area contributed by atoms with E-state index in [0.717, 1.165) is 24.0 Å². The summed E-state index contributed by atoms with van der Waals surface area (Å²) < 4.78 is 1.85. The molecule has 0 saturated carbocycles. The second kappa shape index (κ2) is 5.02. The average Bonchev–Trinajstić information content (AvgIpc) is 2.76. The number of hydrogen-bond donors (Lipinski definition) is 0. The van der Waals surface area contributed by atoms with Gasteiger partial charge in [-0.25, -0.2) is 0 Å². The van der Waals surface area contributed by atoms with Gasteiger partial charge in [-0.2, -0.15) is 0 Å². The molecule has 0 aliphatic rings. The van der Waals surface area contributed by atoms with Crippen molar-refractivity contribution < 1.29 is 0 Å². The summed E-state index contributed by atoms with van der Waals surface area (Å²) in [6, 6.07) is 4.01. The zero-order valence-corrected chi connectivity index (χ0v) is 9.76. The number of hydrogen-bond acceptors (Lipinski definition) is 3. The molecule has 2 aromatic rings. The van der Waals surface area contributed by atoms with Crippen LogP contribution in [0, 0.1) is 0 Å². The average molecular weight is 267 g/mol. The molecule has 0 saturated heterocycles. The maximum absolute atomic E-state index is 4.07. The lowest BCUT2D eigenvalue weighted by Gasteiger charge is -1.99. The normalized spacial score (nSPS) is 10.5. The zero-order valence-electron chi connectivity index (χ0n) is 8.17. The third kappa shape index (κ3) is 2.86. The molecular weight excluding hydrogens is 256 g/mol. The number of alkyl halides is 1. The molecule has 0 N–H and O–H groups in total. The van der Waals surface area contributed by atoms with Crippen LogP contribution in [0.5, 0.6) is 0 Å². The molecular formula is C10H11BrN4. The van der Waals surface area contributed by atoms with E-state index in [-0.39, 0.29) is 0 Å². The first kappa shape index (κ1) is 10.3. The van der Waals surface area contributed by atoms with Crippen molar-refractivity contribution in [2.45, 2.75) is 18.3 Å². The highest BCUT2D eigenvalue weighted by atomic mass is 79.9. The van der Waals surface area contributed by atoms with E-state index in [1.165, 1.54) is 5.56 Å². The van der Waals surface area contributed by atoms with Gasteiger partial charge in [0.05, 0.1) is 5.69 Å². The van der Waals surface area contributed by atoms with Gasteiger partial charge in [0.1, 0.15) is 0 Å². The van der Waals surface area contributed by atoms with E-state index >= 15 is 0 Å². The first-order valence-corrected chi connectivity index (χ1v) is 5.84. The lowest BCUT2D eigenvalue weighted by molar-refractivity contribution is 0.588. The molecule has 15 heavy (non-hydrogen) atoms. The molecule has 2 aromatic heterocycles. The number of aryl methyl sites for hydroxylation is 2. The van der Waals surface area contributed by atoms with E-state index in [2.05, 4.69) is 37.3 Å². The first-order chi connectivity index (χ1) is 7.38. The van der Waals surface area contributed by atoms with Crippen LogP contribution < -0.4 is 0 Å². The van der Waals surface area contributed by atoms with Gasteiger partial charge in [0, 0.05) is 30.5 Å². The molecule has 4 nitrogen and oxygen atoms in total. The van der Waals surface area contributed by atoms with E-state index in [0.29, 0.717) is 0 Å². The molecule has 0 unspecified atom stereocenters. The van der Waals surface area contributed by atoms with Gasteiger partial charge in [-0.05, 0) is 18.1 Å². The minimum atomic E-state index is 0.750. The summed E-state index contributed by atoms with van der Waals surface area (Å²) in [4.78, 5) is 4.07. The number of halogens is 1. The Bertz CT molecular complexity index is 412. The SMILES string of the molecule is BrCc1cn(CCc2cccnc2)nn1. The molecule has 78 valence electrons. The fourth-order valence-corrected chi connectivity index (χ4v) is 1.56. The van der Waals surface area contributed by atoms with Crippen molar-refractivity contribution in [2.24, 2.45) is 0 Å². The number of aromatic nitrogens is 4. The Balaban J connectivity index is 1.93. The lowest BCUT2D eigenvalue weighted by Crippen LogP contribution is -2.02. The Morgan fingerprint density at radius 2 is 2.33 bits per heavy atom. The molecule has 0 fully saturated rings. The Morgan fingerprint density at radius 3 is 3.00 bits per heavy atom. The monoisotopic (exact) mass is 266 g/mol. The molecule has 0 aliphatic heterocycles. The third-order valence-electron chi connectivity index (χ3n) is 2.08. The topological polar surface area (TPSA) is 43.6 Å². The van der Waals surface area contributed by atoms with Crippen LogP contribution in [-0.4, -0.2) is 20.0 Å². The van der Waals surface area contributed by atoms with Crippen molar-refractivity contribution in [3.05, 3.63) is 42.0 Å². The fraction of sp³-hybridized carbons (Fsp3) is 0.300. The highest BCUT2D eigenvalue weighted by molar-refractivity contribution is 9.08. The predicted molar refractivity (Wildman–Crippen MR) is 60.6 cm³/mol. The second-order valence-electron chi connectivity index (χ2n) is 3.22. The molecule has 0 radical (unpaired) electrons. The molecule has 0 spiro atoms. The van der Waals surface area contributed by atoms with E-state index in [1.54, 1.807) is 6.20 Å². The maximum Gasteiger partial charge on any atom is 0.0932 e. The van der Waals surface area contributed by atoms with Gasteiger partial charge < -0.3 is 0 Å². The van der Waals surface area contributed by atoms with Crippen molar-refractivity contribution in [3.63, 3.8) is 0 Å². The number of rotatable bonds is 4. The molecule has 2 rings (SSSR count). The molecule has 0 amide bonds. The summed E-state index contributed by atoms with van der Waals surface area (Å²) in [5.41, 5.74) is 2.18. The summed E-state index contributed by atoms with van der Waals surface area (Å²) in [7, 11) is 0. The quantitative estimate of drug-likeness (QED) is 0.793. The van der Waals surface area contributed by atoms with Crippen molar-refractivity contribution in [2.75, 3.05) is 0 Å². The highest BCUT2D eigenvalue weighted by Crippen LogP contribution is 2.02. The predicted octanol–water partition coefficient (Wildman–Crippen LogP) is 1.81. The third-order valence-corrected chi connectivity index (χ3v) is 2.65. The van der Waals surface area contributed by atoms with Crippen LogP contribution >= 0.6 is 15.9 Å². The maximum atomic E-state index is 4.07. The Labute approximate surface area is 96.5 Å². The first-order valence-electron chi connectivity index (χ1n) is 4.72.